The minimum atomic E-state index is -1.03. The largest absolute Gasteiger partial charge is 0.478 e. The molecule has 2 N–H and O–H groups in total. The molecular formula is C19H25N3O6. The third kappa shape index (κ3) is 6.26. The molecule has 28 heavy (non-hydrogen) atoms. The number of hydrogen-bond acceptors (Lipinski definition) is 6. The van der Waals surface area contributed by atoms with E-state index in [0.29, 0.717) is 11.4 Å². The molecule has 0 radical (unpaired) electrons. The second kappa shape index (κ2) is 8.73. The molecule has 9 heteroatoms. The predicted molar refractivity (Wildman–Crippen MR) is 101 cm³/mol. The van der Waals surface area contributed by atoms with Gasteiger partial charge in [-0.3, -0.25) is 19.2 Å². The lowest BCUT2D eigenvalue weighted by Gasteiger charge is -2.25. The summed E-state index contributed by atoms with van der Waals surface area (Å²) in [6.45, 7) is 4.81. The maximum Gasteiger partial charge on any atom is 0.310 e. The lowest BCUT2D eigenvalue weighted by molar-refractivity contribution is -0.154. The van der Waals surface area contributed by atoms with Gasteiger partial charge >= 0.3 is 5.97 Å². The average Bonchev–Trinajstić information content (AvgIpc) is 2.58. The van der Waals surface area contributed by atoms with Crippen LogP contribution in [0.1, 0.15) is 27.2 Å². The molecule has 0 spiro atoms. The highest BCUT2D eigenvalue weighted by atomic mass is 16.5. The van der Waals surface area contributed by atoms with Crippen LogP contribution in [0.2, 0.25) is 0 Å². The number of nitrogens with zero attached hydrogens (tertiary/aromatic N) is 1. The number of anilines is 1. The molecule has 0 aromatic heterocycles. The van der Waals surface area contributed by atoms with Gasteiger partial charge in [0.05, 0.1) is 18.7 Å². The first-order valence-electron chi connectivity index (χ1n) is 8.82. The van der Waals surface area contributed by atoms with Crippen LogP contribution in [0.4, 0.5) is 5.69 Å². The van der Waals surface area contributed by atoms with Crippen molar-refractivity contribution >= 4 is 29.4 Å². The van der Waals surface area contributed by atoms with Gasteiger partial charge in [-0.1, -0.05) is 12.1 Å². The van der Waals surface area contributed by atoms with E-state index in [1.807, 2.05) is 20.8 Å². The highest BCUT2D eigenvalue weighted by molar-refractivity contribution is 5.99. The van der Waals surface area contributed by atoms with Crippen molar-refractivity contribution in [1.29, 1.82) is 0 Å². The van der Waals surface area contributed by atoms with Gasteiger partial charge in [0.1, 0.15) is 5.75 Å². The number of rotatable bonds is 6. The first-order valence-corrected chi connectivity index (χ1v) is 8.82. The van der Waals surface area contributed by atoms with Crippen molar-refractivity contribution in [2.75, 3.05) is 25.5 Å². The van der Waals surface area contributed by atoms with Gasteiger partial charge in [0.25, 0.3) is 11.8 Å². The van der Waals surface area contributed by atoms with Crippen LogP contribution in [0.15, 0.2) is 24.3 Å². The summed E-state index contributed by atoms with van der Waals surface area (Å²) in [5.41, 5.74) is 0.120. The van der Waals surface area contributed by atoms with Crippen molar-refractivity contribution in [2.24, 2.45) is 0 Å². The minimum Gasteiger partial charge on any atom is -0.478 e. The summed E-state index contributed by atoms with van der Waals surface area (Å²) in [6, 6.07) is 6.86. The quantitative estimate of drug-likeness (QED) is 0.690. The summed E-state index contributed by atoms with van der Waals surface area (Å²) in [5.74, 6) is -1.60. The lowest BCUT2D eigenvalue weighted by Crippen LogP contribution is -2.47. The summed E-state index contributed by atoms with van der Waals surface area (Å²) in [4.78, 5) is 49.0. The number of ether oxygens (including phenoxy) is 2. The fourth-order valence-corrected chi connectivity index (χ4v) is 2.45. The van der Waals surface area contributed by atoms with Crippen LogP contribution in [0.5, 0.6) is 5.75 Å². The maximum absolute atomic E-state index is 12.0. The van der Waals surface area contributed by atoms with Gasteiger partial charge in [-0.2, -0.15) is 0 Å². The molecule has 3 amide bonds. The Bertz CT molecular complexity index is 771. The highest BCUT2D eigenvalue weighted by Gasteiger charge is 2.30. The molecule has 1 aromatic rings. The van der Waals surface area contributed by atoms with E-state index >= 15 is 0 Å². The van der Waals surface area contributed by atoms with Crippen molar-refractivity contribution in [3.63, 3.8) is 0 Å². The van der Waals surface area contributed by atoms with E-state index in [2.05, 4.69) is 10.6 Å². The van der Waals surface area contributed by atoms with Crippen LogP contribution >= 0.6 is 0 Å². The van der Waals surface area contributed by atoms with Gasteiger partial charge in [0.15, 0.2) is 12.7 Å². The SMILES string of the molecule is CN(CC(=O)NC(C)(C)C)C(=O)COC(=O)CC1Oc2ccccc2NC1=O. The molecule has 1 aliphatic rings. The highest BCUT2D eigenvalue weighted by Crippen LogP contribution is 2.29. The number of para-hydroxylation sites is 2. The summed E-state index contributed by atoms with van der Waals surface area (Å²) in [6.07, 6.45) is -1.37. The van der Waals surface area contributed by atoms with Gasteiger partial charge in [0.2, 0.25) is 5.91 Å². The first-order chi connectivity index (χ1) is 13.0. The zero-order chi connectivity index (χ0) is 20.9. The number of amides is 3. The molecular weight excluding hydrogens is 366 g/mol. The van der Waals surface area contributed by atoms with E-state index in [0.717, 1.165) is 4.90 Å². The Labute approximate surface area is 163 Å². The molecule has 0 saturated heterocycles. The third-order valence-corrected chi connectivity index (χ3v) is 3.74. The second-order valence-electron chi connectivity index (χ2n) is 7.50. The molecule has 1 unspecified atom stereocenters. The van der Waals surface area contributed by atoms with Gasteiger partial charge in [-0.15, -0.1) is 0 Å². The smallest absolute Gasteiger partial charge is 0.310 e. The van der Waals surface area contributed by atoms with Gasteiger partial charge in [-0.05, 0) is 32.9 Å². The third-order valence-electron chi connectivity index (χ3n) is 3.74. The van der Waals surface area contributed by atoms with Crippen molar-refractivity contribution in [1.82, 2.24) is 10.2 Å². The molecule has 1 aliphatic heterocycles. The number of benzene rings is 1. The number of hydrogen-bond donors (Lipinski definition) is 2. The van der Waals surface area contributed by atoms with Gasteiger partial charge in [-0.25, -0.2) is 0 Å². The predicted octanol–water partition coefficient (Wildman–Crippen LogP) is 0.693. The summed E-state index contributed by atoms with van der Waals surface area (Å²) < 4.78 is 10.4. The lowest BCUT2D eigenvalue weighted by atomic mass is 10.1. The Morgan fingerprint density at radius 2 is 1.93 bits per heavy atom. The minimum absolute atomic E-state index is 0.154. The van der Waals surface area contributed by atoms with Crippen molar-refractivity contribution in [3.8, 4) is 5.75 Å². The zero-order valence-electron chi connectivity index (χ0n) is 16.4. The van der Waals surface area contributed by atoms with E-state index in [9.17, 15) is 19.2 Å². The van der Waals surface area contributed by atoms with Crippen LogP contribution in [0, 0.1) is 0 Å². The first kappa shape index (κ1) is 21.2. The van der Waals surface area contributed by atoms with E-state index < -0.39 is 36.0 Å². The number of carbonyl (C=O) groups excluding carboxylic acids is 4. The van der Waals surface area contributed by atoms with Crippen molar-refractivity contribution in [3.05, 3.63) is 24.3 Å². The van der Waals surface area contributed by atoms with Crippen molar-refractivity contribution in [2.45, 2.75) is 38.8 Å². The van der Waals surface area contributed by atoms with Crippen LogP contribution in [-0.2, 0) is 23.9 Å². The number of nitrogens with one attached hydrogen (secondary N) is 2. The normalized spacial score (nSPS) is 15.6. The number of esters is 1. The molecule has 0 fully saturated rings. The van der Waals surface area contributed by atoms with E-state index in [1.165, 1.54) is 7.05 Å². The summed E-state index contributed by atoms with van der Waals surface area (Å²) in [7, 11) is 1.44. The Kier molecular flexibility index (Phi) is 6.61. The second-order valence-corrected chi connectivity index (χ2v) is 7.50. The number of fused-ring (bicyclic) bond motifs is 1. The van der Waals surface area contributed by atoms with Crippen LogP contribution < -0.4 is 15.4 Å². The molecule has 1 heterocycles. The molecule has 1 atom stereocenters. The van der Waals surface area contributed by atoms with Gasteiger partial charge in [0, 0.05) is 12.6 Å². The molecule has 2 rings (SSSR count). The maximum atomic E-state index is 12.0. The summed E-state index contributed by atoms with van der Waals surface area (Å²) in [5, 5.41) is 5.38. The average molecular weight is 391 g/mol. The fourth-order valence-electron chi connectivity index (χ4n) is 2.45. The van der Waals surface area contributed by atoms with Crippen LogP contribution in [-0.4, -0.2) is 60.4 Å². The Morgan fingerprint density at radius 1 is 1.25 bits per heavy atom. The van der Waals surface area contributed by atoms with Crippen LogP contribution in [0.25, 0.3) is 0 Å². The molecule has 0 bridgehead atoms. The van der Waals surface area contributed by atoms with E-state index in [1.54, 1.807) is 24.3 Å². The molecule has 0 saturated carbocycles. The fraction of sp³-hybridized carbons (Fsp3) is 0.474. The van der Waals surface area contributed by atoms with Gasteiger partial charge < -0.3 is 25.0 Å². The Balaban J connectivity index is 1.78. The molecule has 9 nitrogen and oxygen atoms in total. The topological polar surface area (TPSA) is 114 Å². The molecule has 0 aliphatic carbocycles. The summed E-state index contributed by atoms with van der Waals surface area (Å²) >= 11 is 0. The van der Waals surface area contributed by atoms with E-state index in [4.69, 9.17) is 9.47 Å². The van der Waals surface area contributed by atoms with E-state index in [-0.39, 0.29) is 18.9 Å². The Morgan fingerprint density at radius 3 is 2.61 bits per heavy atom. The molecule has 152 valence electrons. The Hall–Kier alpha value is -3.10. The monoisotopic (exact) mass is 391 g/mol. The van der Waals surface area contributed by atoms with Crippen molar-refractivity contribution < 1.29 is 28.7 Å². The molecule has 1 aromatic carbocycles. The number of carbonyl (C=O) groups is 4. The number of likely N-dealkylation sites (N-methyl/N-ethyl adjacent to an activating group) is 1. The van der Waals surface area contributed by atoms with Crippen LogP contribution in [0.3, 0.4) is 0 Å². The zero-order valence-corrected chi connectivity index (χ0v) is 16.4. The standard InChI is InChI=1S/C19H25N3O6/c1-19(2,3)21-15(23)10-22(4)16(24)11-27-17(25)9-14-18(26)20-12-7-5-6-8-13(12)28-14/h5-8,14H,9-11H2,1-4H3,(H,20,26)(H,21,23).